The quantitative estimate of drug-likeness (QED) is 0.570. The van der Waals surface area contributed by atoms with Gasteiger partial charge >= 0.3 is 8.80 Å². The third kappa shape index (κ3) is 3.99. The van der Waals surface area contributed by atoms with E-state index in [9.17, 15) is 4.39 Å². The summed E-state index contributed by atoms with van der Waals surface area (Å²) in [5.74, 6) is -0.192. The SMILES string of the molecule is CO[Si](CCc1ccc(I)c(F)c1)(OC)OC. The van der Waals surface area contributed by atoms with Gasteiger partial charge in [0.25, 0.3) is 0 Å². The van der Waals surface area contributed by atoms with Gasteiger partial charge in [0, 0.05) is 30.9 Å². The fourth-order valence-electron chi connectivity index (χ4n) is 1.55. The Morgan fingerprint density at radius 1 is 1.18 bits per heavy atom. The molecule has 0 amide bonds. The zero-order chi connectivity index (χ0) is 12.9. The zero-order valence-electron chi connectivity index (χ0n) is 10.1. The summed E-state index contributed by atoms with van der Waals surface area (Å²) >= 11 is 1.97. The molecular formula is C11H16FIO3Si. The van der Waals surface area contributed by atoms with Crippen LogP contribution in [0.3, 0.4) is 0 Å². The second-order valence-electron chi connectivity index (χ2n) is 3.54. The first-order valence-corrected chi connectivity index (χ1v) is 8.17. The highest BCUT2D eigenvalue weighted by atomic mass is 127. The van der Waals surface area contributed by atoms with E-state index < -0.39 is 8.80 Å². The number of halogens is 2. The van der Waals surface area contributed by atoms with Gasteiger partial charge in [-0.15, -0.1) is 0 Å². The van der Waals surface area contributed by atoms with Crippen molar-refractivity contribution in [3.8, 4) is 0 Å². The molecule has 1 aromatic rings. The average molecular weight is 370 g/mol. The van der Waals surface area contributed by atoms with Crippen LogP contribution in [0, 0.1) is 9.39 Å². The van der Waals surface area contributed by atoms with Crippen LogP contribution in [0.25, 0.3) is 0 Å². The largest absolute Gasteiger partial charge is 0.500 e. The third-order valence-corrected chi connectivity index (χ3v) is 6.24. The Hall–Kier alpha value is -0.0231. The van der Waals surface area contributed by atoms with Gasteiger partial charge in [0.2, 0.25) is 0 Å². The molecule has 96 valence electrons. The van der Waals surface area contributed by atoms with Crippen LogP contribution in [0.15, 0.2) is 18.2 Å². The molecule has 0 aliphatic heterocycles. The molecule has 0 fully saturated rings. The molecule has 0 aliphatic rings. The standard InChI is InChI=1S/C11H16FIO3Si/c1-14-17(15-2,16-3)7-6-9-4-5-11(13)10(12)8-9/h4-5,8H,6-7H2,1-3H3. The van der Waals surface area contributed by atoms with Crippen LogP contribution in [0.2, 0.25) is 6.04 Å². The van der Waals surface area contributed by atoms with Crippen LogP contribution in [0.5, 0.6) is 0 Å². The minimum Gasteiger partial charge on any atom is -0.377 e. The van der Waals surface area contributed by atoms with Gasteiger partial charge in [0.1, 0.15) is 5.82 Å². The van der Waals surface area contributed by atoms with E-state index in [0.29, 0.717) is 16.0 Å². The average Bonchev–Trinajstić information content (AvgIpc) is 2.36. The van der Waals surface area contributed by atoms with E-state index in [-0.39, 0.29) is 5.82 Å². The van der Waals surface area contributed by atoms with Gasteiger partial charge < -0.3 is 13.3 Å². The normalized spacial score (nSPS) is 11.8. The van der Waals surface area contributed by atoms with Crippen molar-refractivity contribution in [1.82, 2.24) is 0 Å². The maximum Gasteiger partial charge on any atom is 0.500 e. The highest BCUT2D eigenvalue weighted by molar-refractivity contribution is 14.1. The van der Waals surface area contributed by atoms with Crippen molar-refractivity contribution in [3.63, 3.8) is 0 Å². The molecule has 6 heteroatoms. The van der Waals surface area contributed by atoms with Gasteiger partial charge in [0.05, 0.1) is 0 Å². The van der Waals surface area contributed by atoms with Crippen molar-refractivity contribution in [2.75, 3.05) is 21.3 Å². The number of rotatable bonds is 6. The smallest absolute Gasteiger partial charge is 0.377 e. The summed E-state index contributed by atoms with van der Waals surface area (Å²) in [4.78, 5) is 0. The molecule has 0 aromatic heterocycles. The van der Waals surface area contributed by atoms with E-state index >= 15 is 0 Å². The van der Waals surface area contributed by atoms with Crippen LogP contribution in [0.4, 0.5) is 4.39 Å². The van der Waals surface area contributed by atoms with Gasteiger partial charge in [-0.3, -0.25) is 0 Å². The molecule has 0 radical (unpaired) electrons. The first-order valence-electron chi connectivity index (χ1n) is 5.16. The minimum atomic E-state index is -2.56. The molecule has 0 bridgehead atoms. The Bertz CT molecular complexity index is 363. The molecule has 1 aromatic carbocycles. The predicted octanol–water partition coefficient (Wildman–Crippen LogP) is 2.85. The lowest BCUT2D eigenvalue weighted by molar-refractivity contribution is 0.123. The Kier molecular flexibility index (Phi) is 6.00. The molecule has 3 nitrogen and oxygen atoms in total. The van der Waals surface area contributed by atoms with Gasteiger partial charge in [-0.2, -0.15) is 0 Å². The minimum absolute atomic E-state index is 0.192. The van der Waals surface area contributed by atoms with Crippen molar-refractivity contribution < 1.29 is 17.7 Å². The van der Waals surface area contributed by atoms with Gasteiger partial charge in [0.15, 0.2) is 0 Å². The highest BCUT2D eigenvalue weighted by Crippen LogP contribution is 2.19. The molecule has 1 rings (SSSR count). The molecule has 0 saturated carbocycles. The predicted molar refractivity (Wildman–Crippen MR) is 74.4 cm³/mol. The van der Waals surface area contributed by atoms with Gasteiger partial charge in [-0.25, -0.2) is 4.39 Å². The Labute approximate surface area is 116 Å². The maximum atomic E-state index is 13.4. The Morgan fingerprint density at radius 3 is 2.24 bits per heavy atom. The molecule has 17 heavy (non-hydrogen) atoms. The Balaban J connectivity index is 2.68. The van der Waals surface area contributed by atoms with E-state index in [1.54, 1.807) is 33.5 Å². The van der Waals surface area contributed by atoms with Crippen LogP contribution in [-0.2, 0) is 19.7 Å². The fraction of sp³-hybridized carbons (Fsp3) is 0.455. The fourth-order valence-corrected chi connectivity index (χ4v) is 3.59. The lowest BCUT2D eigenvalue weighted by Crippen LogP contribution is -2.43. The van der Waals surface area contributed by atoms with Crippen molar-refractivity contribution >= 4 is 31.4 Å². The monoisotopic (exact) mass is 370 g/mol. The van der Waals surface area contributed by atoms with Crippen LogP contribution < -0.4 is 0 Å². The van der Waals surface area contributed by atoms with Crippen molar-refractivity contribution in [2.45, 2.75) is 12.5 Å². The lowest BCUT2D eigenvalue weighted by Gasteiger charge is -2.24. The second-order valence-corrected chi connectivity index (χ2v) is 7.80. The maximum absolute atomic E-state index is 13.4. The van der Waals surface area contributed by atoms with Crippen molar-refractivity contribution in [1.29, 1.82) is 0 Å². The van der Waals surface area contributed by atoms with E-state index in [1.165, 1.54) is 0 Å². The van der Waals surface area contributed by atoms with Crippen LogP contribution >= 0.6 is 22.6 Å². The third-order valence-electron chi connectivity index (χ3n) is 2.64. The number of hydrogen-bond acceptors (Lipinski definition) is 3. The molecule has 0 atom stereocenters. The zero-order valence-corrected chi connectivity index (χ0v) is 13.3. The molecule has 0 heterocycles. The molecule has 0 unspecified atom stereocenters. The number of aryl methyl sites for hydroxylation is 1. The second kappa shape index (κ2) is 6.79. The van der Waals surface area contributed by atoms with E-state index in [0.717, 1.165) is 5.56 Å². The van der Waals surface area contributed by atoms with E-state index in [2.05, 4.69) is 0 Å². The number of benzene rings is 1. The summed E-state index contributed by atoms with van der Waals surface area (Å²) in [7, 11) is 2.18. The van der Waals surface area contributed by atoms with E-state index in [1.807, 2.05) is 28.7 Å². The van der Waals surface area contributed by atoms with Crippen molar-refractivity contribution in [3.05, 3.63) is 33.1 Å². The summed E-state index contributed by atoms with van der Waals surface area (Å²) < 4.78 is 29.9. The van der Waals surface area contributed by atoms with Crippen LogP contribution in [0.1, 0.15) is 5.56 Å². The summed E-state index contributed by atoms with van der Waals surface area (Å²) in [5, 5.41) is 0. The summed E-state index contributed by atoms with van der Waals surface area (Å²) in [6.45, 7) is 0. The molecule has 0 spiro atoms. The first kappa shape index (κ1) is 15.0. The van der Waals surface area contributed by atoms with Crippen LogP contribution in [-0.4, -0.2) is 30.1 Å². The summed E-state index contributed by atoms with van der Waals surface area (Å²) in [5.41, 5.74) is 0.922. The molecule has 0 aliphatic carbocycles. The van der Waals surface area contributed by atoms with Gasteiger partial charge in [-0.1, -0.05) is 6.07 Å². The summed E-state index contributed by atoms with van der Waals surface area (Å²) in [6, 6.07) is 5.85. The molecular weight excluding hydrogens is 354 g/mol. The highest BCUT2D eigenvalue weighted by Gasteiger charge is 2.37. The lowest BCUT2D eigenvalue weighted by atomic mass is 10.2. The molecule has 0 N–H and O–H groups in total. The Morgan fingerprint density at radius 2 is 1.76 bits per heavy atom. The van der Waals surface area contributed by atoms with E-state index in [4.69, 9.17) is 13.3 Å². The van der Waals surface area contributed by atoms with Crippen molar-refractivity contribution in [2.24, 2.45) is 0 Å². The first-order chi connectivity index (χ1) is 8.06. The number of hydrogen-bond donors (Lipinski definition) is 0. The summed E-state index contributed by atoms with van der Waals surface area (Å²) in [6.07, 6.45) is 0.676. The molecule has 0 saturated heterocycles. The topological polar surface area (TPSA) is 27.7 Å². The van der Waals surface area contributed by atoms with Gasteiger partial charge in [-0.05, 0) is 46.7 Å².